The Hall–Kier alpha value is -3.75. The minimum atomic E-state index is -4.62. The lowest BCUT2D eigenvalue weighted by atomic mass is 9.85. The average molecular weight is 752 g/mol. The quantitative estimate of drug-likeness (QED) is 0.321. The number of methoxy groups -OCH3 is 3. The van der Waals surface area contributed by atoms with Gasteiger partial charge in [0.05, 0.1) is 32.6 Å². The highest BCUT2D eigenvalue weighted by Gasteiger charge is 2.61. The number of nitrogens with zero attached hydrogens (tertiary/aromatic N) is 4. The number of halogens is 2. The van der Waals surface area contributed by atoms with E-state index in [0.717, 1.165) is 31.5 Å². The smallest absolute Gasteiger partial charge is 0.411 e. The Kier molecular flexibility index (Phi) is 12.2. The molecule has 2 saturated heterocycles. The molecule has 0 aliphatic carbocycles. The maximum atomic E-state index is 15.0. The number of fused-ring (bicyclic) bond motifs is 1. The molecule has 0 saturated carbocycles. The third-order valence-corrected chi connectivity index (χ3v) is 11.4. The van der Waals surface area contributed by atoms with Crippen molar-refractivity contribution in [3.63, 3.8) is 0 Å². The predicted octanol–water partition coefficient (Wildman–Crippen LogP) is 4.69. The summed E-state index contributed by atoms with van der Waals surface area (Å²) in [5, 5.41) is 0. The van der Waals surface area contributed by atoms with Gasteiger partial charge in [0.25, 0.3) is 15.9 Å². The van der Waals surface area contributed by atoms with Crippen molar-refractivity contribution >= 4 is 52.5 Å². The zero-order valence-corrected chi connectivity index (χ0v) is 31.2. The number of hydrogen-bond acceptors (Lipinski definition) is 10. The number of ether oxygens (including phenoxy) is 4. The van der Waals surface area contributed by atoms with E-state index in [0.29, 0.717) is 42.3 Å². The first-order chi connectivity index (χ1) is 23.0. The molecule has 1 atom stereocenters. The van der Waals surface area contributed by atoms with Crippen LogP contribution in [-0.2, 0) is 25.2 Å². The van der Waals surface area contributed by atoms with Crippen molar-refractivity contribution in [2.24, 2.45) is 0 Å². The second kappa shape index (κ2) is 15.6. The highest BCUT2D eigenvalue weighted by molar-refractivity contribution is 7.93. The number of carbonyl (C=O) groups excluding carboxylic acids is 2. The second-order valence-corrected chi connectivity index (χ2v) is 14.2. The maximum Gasteiger partial charge on any atom is 0.411 e. The molecule has 3 aromatic carbocycles. The zero-order valence-electron chi connectivity index (χ0n) is 28.8. The fourth-order valence-corrected chi connectivity index (χ4v) is 8.57. The summed E-state index contributed by atoms with van der Waals surface area (Å²) in [6.07, 6.45) is 1.43. The first-order valence-electron chi connectivity index (χ1n) is 16.0. The molecule has 0 aromatic heterocycles. The number of sulfonamides is 1. The number of anilines is 1. The van der Waals surface area contributed by atoms with Crippen LogP contribution in [0.5, 0.6) is 17.2 Å². The van der Waals surface area contributed by atoms with Gasteiger partial charge in [-0.05, 0) is 70.2 Å². The van der Waals surface area contributed by atoms with Crippen molar-refractivity contribution in [3.05, 3.63) is 77.4 Å². The first kappa shape index (κ1) is 39.0. The van der Waals surface area contributed by atoms with Gasteiger partial charge in [0.15, 0.2) is 0 Å². The Morgan fingerprint density at radius 3 is 2.10 bits per heavy atom. The largest absolute Gasteiger partial charge is 0.497 e. The standard InChI is InChI=1S/C35H42N4O8S.2ClH/c1-24-10-12-29-28(22-24)35(27-8-6-7-9-30(27)45-4,33(40)39(29)48(42,43)32-13-11-26(44-3)23-31(32)46-5)47-34(41)38-20-18-37(19-21-38)25-14-16-36(2)17-15-25;;/h6-13,22-23,25H,14-21H2,1-5H3;2*1H. The normalized spacial score (nSPS) is 20.0. The summed E-state index contributed by atoms with van der Waals surface area (Å²) < 4.78 is 52.6. The van der Waals surface area contributed by atoms with Gasteiger partial charge in [-0.3, -0.25) is 9.69 Å². The number of amides is 2. The second-order valence-electron chi connectivity index (χ2n) is 12.4. The van der Waals surface area contributed by atoms with Gasteiger partial charge in [-0.25, -0.2) is 13.2 Å². The third kappa shape index (κ3) is 6.81. The molecule has 12 nitrogen and oxygen atoms in total. The van der Waals surface area contributed by atoms with Crippen LogP contribution in [0.3, 0.4) is 0 Å². The van der Waals surface area contributed by atoms with E-state index in [1.165, 1.54) is 39.5 Å². The van der Waals surface area contributed by atoms with Crippen LogP contribution in [0.4, 0.5) is 10.5 Å². The van der Waals surface area contributed by atoms with Crippen LogP contribution in [0.25, 0.3) is 0 Å². The summed E-state index contributed by atoms with van der Waals surface area (Å²) in [6, 6.07) is 16.3. The van der Waals surface area contributed by atoms with Crippen molar-refractivity contribution in [1.29, 1.82) is 0 Å². The summed E-state index contributed by atoms with van der Waals surface area (Å²) >= 11 is 0. The summed E-state index contributed by atoms with van der Waals surface area (Å²) in [5.41, 5.74) is -0.948. The summed E-state index contributed by atoms with van der Waals surface area (Å²) in [7, 11) is 1.75. The fourth-order valence-electron chi connectivity index (χ4n) is 6.98. The molecule has 50 heavy (non-hydrogen) atoms. The Bertz CT molecular complexity index is 1810. The number of piperazine rings is 1. The zero-order chi connectivity index (χ0) is 34.2. The van der Waals surface area contributed by atoms with Crippen LogP contribution in [0.2, 0.25) is 0 Å². The van der Waals surface area contributed by atoms with Crippen molar-refractivity contribution in [3.8, 4) is 17.2 Å². The molecule has 0 radical (unpaired) electrons. The van der Waals surface area contributed by atoms with E-state index in [9.17, 15) is 13.2 Å². The van der Waals surface area contributed by atoms with Gasteiger partial charge in [0.2, 0.25) is 5.60 Å². The van der Waals surface area contributed by atoms with E-state index >= 15 is 4.79 Å². The highest BCUT2D eigenvalue weighted by atomic mass is 35.5. The van der Waals surface area contributed by atoms with E-state index < -0.39 is 27.6 Å². The molecule has 2 fully saturated rings. The third-order valence-electron chi connectivity index (χ3n) is 9.63. The number of benzene rings is 3. The first-order valence-corrected chi connectivity index (χ1v) is 17.5. The molecule has 3 aromatic rings. The number of likely N-dealkylation sites (tertiary alicyclic amines) is 1. The molecular weight excluding hydrogens is 707 g/mol. The van der Waals surface area contributed by atoms with Crippen LogP contribution < -0.4 is 18.5 Å². The van der Waals surface area contributed by atoms with Crippen molar-refractivity contribution in [1.82, 2.24) is 14.7 Å². The van der Waals surface area contributed by atoms with Gasteiger partial charge in [0, 0.05) is 43.9 Å². The van der Waals surface area contributed by atoms with E-state index in [2.05, 4.69) is 16.8 Å². The molecule has 3 aliphatic heterocycles. The molecule has 0 N–H and O–H groups in total. The molecule has 0 spiro atoms. The number of hydrogen-bond donors (Lipinski definition) is 0. The lowest BCUT2D eigenvalue weighted by Crippen LogP contribution is -2.55. The van der Waals surface area contributed by atoms with Gasteiger partial charge < -0.3 is 28.7 Å². The number of carbonyl (C=O) groups is 2. The molecule has 2 amide bonds. The van der Waals surface area contributed by atoms with Crippen LogP contribution in [0, 0.1) is 6.92 Å². The minimum Gasteiger partial charge on any atom is -0.497 e. The van der Waals surface area contributed by atoms with E-state index in [1.54, 1.807) is 47.4 Å². The molecule has 272 valence electrons. The SMILES string of the molecule is COc1ccc(S(=O)(=O)N2C(=O)C(OC(=O)N3CCN(C4CCN(C)CC4)CC3)(c3ccccc3OC)c3cc(C)ccc32)c(OC)c1.Cl.Cl. The summed E-state index contributed by atoms with van der Waals surface area (Å²) in [6.45, 7) is 6.07. The number of para-hydroxylation sites is 1. The van der Waals surface area contributed by atoms with Crippen LogP contribution >= 0.6 is 24.8 Å². The Labute approximate surface area is 306 Å². The lowest BCUT2D eigenvalue weighted by Gasteiger charge is -2.42. The van der Waals surface area contributed by atoms with Crippen molar-refractivity contribution in [2.45, 2.75) is 36.3 Å². The van der Waals surface area contributed by atoms with Gasteiger partial charge in [-0.15, -0.1) is 24.8 Å². The van der Waals surface area contributed by atoms with Crippen molar-refractivity contribution < 1.29 is 37.0 Å². The number of piperidine rings is 1. The highest BCUT2D eigenvalue weighted by Crippen LogP contribution is 2.52. The minimum absolute atomic E-state index is 0. The molecule has 3 aliphatic rings. The van der Waals surface area contributed by atoms with Gasteiger partial charge in [-0.1, -0.05) is 29.8 Å². The number of rotatable bonds is 8. The predicted molar refractivity (Wildman–Crippen MR) is 194 cm³/mol. The van der Waals surface area contributed by atoms with E-state index in [-0.39, 0.29) is 58.0 Å². The van der Waals surface area contributed by atoms with Gasteiger partial charge in [-0.2, -0.15) is 4.31 Å². The Balaban J connectivity index is 0.00000281. The lowest BCUT2D eigenvalue weighted by molar-refractivity contribution is -0.132. The Morgan fingerprint density at radius 2 is 1.46 bits per heavy atom. The Morgan fingerprint density at radius 1 is 0.800 bits per heavy atom. The molecule has 15 heteroatoms. The maximum absolute atomic E-state index is 15.0. The van der Waals surface area contributed by atoms with Crippen LogP contribution in [0.1, 0.15) is 29.5 Å². The van der Waals surface area contributed by atoms with Crippen molar-refractivity contribution in [2.75, 3.05) is 72.0 Å². The van der Waals surface area contributed by atoms with Crippen LogP contribution in [-0.4, -0.2) is 109 Å². The average Bonchev–Trinajstić information content (AvgIpc) is 3.35. The van der Waals surface area contributed by atoms with Crippen LogP contribution in [0.15, 0.2) is 65.6 Å². The number of aryl methyl sites for hydroxylation is 1. The topological polar surface area (TPSA) is 118 Å². The van der Waals surface area contributed by atoms with E-state index in [1.807, 2.05) is 6.92 Å². The molecule has 6 rings (SSSR count). The van der Waals surface area contributed by atoms with Gasteiger partial charge >= 0.3 is 6.09 Å². The van der Waals surface area contributed by atoms with Gasteiger partial charge in [0.1, 0.15) is 22.1 Å². The molecule has 1 unspecified atom stereocenters. The fraction of sp³-hybridized carbons (Fsp3) is 0.429. The summed E-state index contributed by atoms with van der Waals surface area (Å²) in [5.74, 6) is -0.337. The van der Waals surface area contributed by atoms with E-state index in [4.69, 9.17) is 18.9 Å². The summed E-state index contributed by atoms with van der Waals surface area (Å²) in [4.78, 5) is 35.3. The molecule has 3 heterocycles. The molecule has 0 bridgehead atoms. The molecular formula is C35H44Cl2N4O8S. The monoisotopic (exact) mass is 750 g/mol.